The van der Waals surface area contributed by atoms with Crippen molar-refractivity contribution in [3.63, 3.8) is 0 Å². The third kappa shape index (κ3) is 7.19. The maximum Gasteiger partial charge on any atom is 0.259 e. The highest BCUT2D eigenvalue weighted by Crippen LogP contribution is 2.29. The van der Waals surface area contributed by atoms with Crippen molar-refractivity contribution in [1.82, 2.24) is 10.2 Å². The van der Waals surface area contributed by atoms with Gasteiger partial charge < -0.3 is 25.0 Å². The molecule has 2 fully saturated rings. The predicted molar refractivity (Wildman–Crippen MR) is 162 cm³/mol. The summed E-state index contributed by atoms with van der Waals surface area (Å²) in [5, 5.41) is 6.24. The number of carbonyl (C=O) groups is 2. The molecule has 2 N–H and O–H groups in total. The van der Waals surface area contributed by atoms with Crippen molar-refractivity contribution in [2.45, 2.75) is 44.7 Å². The van der Waals surface area contributed by atoms with E-state index in [1.54, 1.807) is 31.4 Å². The van der Waals surface area contributed by atoms with Gasteiger partial charge in [0.1, 0.15) is 11.5 Å². The number of nitrogens with one attached hydrogen (secondary N) is 2. The molecule has 216 valence electrons. The number of methoxy groups -OCH3 is 2. The van der Waals surface area contributed by atoms with Gasteiger partial charge in [-0.25, -0.2) is 0 Å². The van der Waals surface area contributed by atoms with Crippen LogP contribution in [0.3, 0.4) is 0 Å². The molecule has 0 aromatic heterocycles. The molecule has 2 aliphatic rings. The zero-order valence-electron chi connectivity index (χ0n) is 24.0. The Bertz CT molecular complexity index is 1330. The second-order valence-electron chi connectivity index (χ2n) is 10.8. The highest BCUT2D eigenvalue weighted by Gasteiger charge is 2.25. The van der Waals surface area contributed by atoms with E-state index in [2.05, 4.69) is 44.7 Å². The van der Waals surface area contributed by atoms with Gasteiger partial charge in [-0.15, -0.1) is 0 Å². The van der Waals surface area contributed by atoms with Crippen molar-refractivity contribution in [2.24, 2.45) is 0 Å². The van der Waals surface area contributed by atoms with Crippen molar-refractivity contribution in [1.29, 1.82) is 0 Å². The monoisotopic (exact) mass is 556 g/mol. The molecular weight excluding hydrogens is 516 g/mol. The number of piperazine rings is 1. The van der Waals surface area contributed by atoms with Crippen LogP contribution >= 0.6 is 0 Å². The maximum atomic E-state index is 13.7. The molecule has 2 amide bonds. The van der Waals surface area contributed by atoms with Gasteiger partial charge in [-0.2, -0.15) is 0 Å². The van der Waals surface area contributed by atoms with Crippen molar-refractivity contribution in [3.05, 3.63) is 83.4 Å². The molecule has 5 rings (SSSR count). The number of anilines is 2. The van der Waals surface area contributed by atoms with E-state index >= 15 is 0 Å². The standard InChI is InChI=1S/C33H40N4O4/c1-40-27-14-15-28(31(22-27)41-2)32(38)35-26-13-16-30(29(21-26)33(39)34-25-11-7-4-8-12-25)37-19-17-36(18-20-37)23-24-9-5-3-6-10-24/h3,5-6,9-10,13-16,21-22,25H,4,7-8,11-12,17-20,23H2,1-2H3,(H,34,39)(H,35,38). The number of hydrogen-bond donors (Lipinski definition) is 2. The molecule has 0 atom stereocenters. The van der Waals surface area contributed by atoms with Gasteiger partial charge in [0.25, 0.3) is 11.8 Å². The largest absolute Gasteiger partial charge is 0.497 e. The van der Waals surface area contributed by atoms with Crippen molar-refractivity contribution >= 4 is 23.2 Å². The summed E-state index contributed by atoms with van der Waals surface area (Å²) in [7, 11) is 3.09. The number of hydrogen-bond acceptors (Lipinski definition) is 6. The average Bonchev–Trinajstić information content (AvgIpc) is 3.02. The van der Waals surface area contributed by atoms with Crippen LogP contribution in [-0.2, 0) is 6.54 Å². The topological polar surface area (TPSA) is 83.1 Å². The van der Waals surface area contributed by atoms with E-state index in [0.29, 0.717) is 28.3 Å². The molecule has 8 nitrogen and oxygen atoms in total. The summed E-state index contributed by atoms with van der Waals surface area (Å²) in [6.45, 7) is 4.39. The van der Waals surface area contributed by atoms with Crippen LogP contribution in [0.1, 0.15) is 58.4 Å². The molecule has 41 heavy (non-hydrogen) atoms. The number of rotatable bonds is 9. The summed E-state index contributed by atoms with van der Waals surface area (Å²) >= 11 is 0. The zero-order chi connectivity index (χ0) is 28.6. The molecule has 3 aromatic rings. The molecule has 1 saturated carbocycles. The quantitative estimate of drug-likeness (QED) is 0.370. The van der Waals surface area contributed by atoms with Gasteiger partial charge in [0.05, 0.1) is 25.3 Å². The van der Waals surface area contributed by atoms with Crippen LogP contribution in [0, 0.1) is 0 Å². The SMILES string of the molecule is COc1ccc(C(=O)Nc2ccc(N3CCN(Cc4ccccc4)CC3)c(C(=O)NC3CCCCC3)c2)c(OC)c1. The predicted octanol–water partition coefficient (Wildman–Crippen LogP) is 5.34. The van der Waals surface area contributed by atoms with Crippen LogP contribution in [0.2, 0.25) is 0 Å². The van der Waals surface area contributed by atoms with Crippen LogP contribution < -0.4 is 25.0 Å². The van der Waals surface area contributed by atoms with E-state index in [0.717, 1.165) is 64.1 Å². The molecule has 1 aliphatic carbocycles. The van der Waals surface area contributed by atoms with E-state index in [4.69, 9.17) is 9.47 Å². The van der Waals surface area contributed by atoms with Crippen LogP contribution in [0.5, 0.6) is 11.5 Å². The first-order valence-electron chi connectivity index (χ1n) is 14.5. The summed E-state index contributed by atoms with van der Waals surface area (Å²) in [6.07, 6.45) is 5.52. The second kappa shape index (κ2) is 13.5. The first kappa shape index (κ1) is 28.5. The maximum absolute atomic E-state index is 13.7. The van der Waals surface area contributed by atoms with E-state index in [1.165, 1.54) is 19.1 Å². The van der Waals surface area contributed by atoms with Crippen molar-refractivity contribution < 1.29 is 19.1 Å². The molecule has 8 heteroatoms. The molecule has 0 unspecified atom stereocenters. The molecule has 3 aromatic carbocycles. The molecule has 1 heterocycles. The third-order valence-corrected chi connectivity index (χ3v) is 8.05. The molecule has 1 saturated heterocycles. The zero-order valence-corrected chi connectivity index (χ0v) is 24.0. The minimum atomic E-state index is -0.314. The summed E-state index contributed by atoms with van der Waals surface area (Å²) in [6, 6.07) is 21.4. The molecule has 0 spiro atoms. The van der Waals surface area contributed by atoms with Crippen molar-refractivity contribution in [2.75, 3.05) is 50.6 Å². The smallest absolute Gasteiger partial charge is 0.259 e. The van der Waals surface area contributed by atoms with Gasteiger partial charge in [0, 0.05) is 56.2 Å². The highest BCUT2D eigenvalue weighted by atomic mass is 16.5. The van der Waals surface area contributed by atoms with Gasteiger partial charge in [-0.3, -0.25) is 14.5 Å². The Labute approximate surface area is 242 Å². The van der Waals surface area contributed by atoms with Crippen LogP contribution in [0.15, 0.2) is 66.7 Å². The summed E-state index contributed by atoms with van der Waals surface area (Å²) in [4.78, 5) is 31.6. The van der Waals surface area contributed by atoms with Gasteiger partial charge in [-0.05, 0) is 48.7 Å². The Hall–Kier alpha value is -4.04. The number of carbonyl (C=O) groups excluding carboxylic acids is 2. The number of benzene rings is 3. The van der Waals surface area contributed by atoms with Gasteiger partial charge >= 0.3 is 0 Å². The Balaban J connectivity index is 1.34. The lowest BCUT2D eigenvalue weighted by Crippen LogP contribution is -2.46. The number of nitrogens with zero attached hydrogens (tertiary/aromatic N) is 2. The lowest BCUT2D eigenvalue weighted by Gasteiger charge is -2.37. The second-order valence-corrected chi connectivity index (χ2v) is 10.8. The van der Waals surface area contributed by atoms with E-state index in [1.807, 2.05) is 18.2 Å². The molecule has 1 aliphatic heterocycles. The Morgan fingerprint density at radius 2 is 1.56 bits per heavy atom. The van der Waals surface area contributed by atoms with Crippen LogP contribution in [0.4, 0.5) is 11.4 Å². The Kier molecular flexibility index (Phi) is 9.41. The number of ether oxygens (including phenoxy) is 2. The fraction of sp³-hybridized carbons (Fsp3) is 0.394. The third-order valence-electron chi connectivity index (χ3n) is 8.05. The normalized spacial score (nSPS) is 16.2. The summed E-state index contributed by atoms with van der Waals surface area (Å²) in [5.41, 5.74) is 3.75. The van der Waals surface area contributed by atoms with E-state index in [-0.39, 0.29) is 17.9 Å². The Morgan fingerprint density at radius 3 is 2.27 bits per heavy atom. The average molecular weight is 557 g/mol. The lowest BCUT2D eigenvalue weighted by atomic mass is 9.95. The fourth-order valence-electron chi connectivity index (χ4n) is 5.75. The minimum Gasteiger partial charge on any atom is -0.497 e. The Morgan fingerprint density at radius 1 is 0.805 bits per heavy atom. The lowest BCUT2D eigenvalue weighted by molar-refractivity contribution is 0.0927. The van der Waals surface area contributed by atoms with Gasteiger partial charge in [0.15, 0.2) is 0 Å². The van der Waals surface area contributed by atoms with Gasteiger partial charge in [0.2, 0.25) is 0 Å². The van der Waals surface area contributed by atoms with E-state index < -0.39 is 0 Å². The molecule has 0 radical (unpaired) electrons. The van der Waals surface area contributed by atoms with Gasteiger partial charge in [-0.1, -0.05) is 49.6 Å². The number of amides is 2. The molecular formula is C33H40N4O4. The first-order chi connectivity index (χ1) is 20.0. The van der Waals surface area contributed by atoms with E-state index in [9.17, 15) is 9.59 Å². The van der Waals surface area contributed by atoms with Crippen LogP contribution in [0.25, 0.3) is 0 Å². The highest BCUT2D eigenvalue weighted by molar-refractivity contribution is 6.08. The van der Waals surface area contributed by atoms with Crippen molar-refractivity contribution in [3.8, 4) is 11.5 Å². The summed E-state index contributed by atoms with van der Waals surface area (Å²) in [5.74, 6) is 0.623. The first-order valence-corrected chi connectivity index (χ1v) is 14.5. The fourth-order valence-corrected chi connectivity index (χ4v) is 5.75. The minimum absolute atomic E-state index is 0.0863. The van der Waals surface area contributed by atoms with Crippen LogP contribution in [-0.4, -0.2) is 63.2 Å². The summed E-state index contributed by atoms with van der Waals surface area (Å²) < 4.78 is 10.7. The molecule has 0 bridgehead atoms.